The number of hydrogen-bond donors (Lipinski definition) is 2. The highest BCUT2D eigenvalue weighted by atomic mass is 16.5. The average Bonchev–Trinajstić information content (AvgIpc) is 2.52. The van der Waals surface area contributed by atoms with E-state index in [1.54, 1.807) is 12.1 Å². The zero-order chi connectivity index (χ0) is 15.7. The molecule has 0 aliphatic carbocycles. The van der Waals surface area contributed by atoms with Gasteiger partial charge in [0.1, 0.15) is 6.61 Å². The second-order valence-corrected chi connectivity index (χ2v) is 4.43. The lowest BCUT2D eigenvalue weighted by atomic mass is 10.1. The quantitative estimate of drug-likeness (QED) is 0.540. The largest absolute Gasteiger partial charge is 0.460 e. The van der Waals surface area contributed by atoms with Crippen LogP contribution in [0.3, 0.4) is 0 Å². The minimum absolute atomic E-state index is 0.000831. The van der Waals surface area contributed by atoms with E-state index >= 15 is 0 Å². The predicted molar refractivity (Wildman–Crippen MR) is 86.1 cm³/mol. The van der Waals surface area contributed by atoms with Gasteiger partial charge in [0, 0.05) is 25.3 Å². The molecule has 1 rings (SSSR count). The Morgan fingerprint density at radius 3 is 2.71 bits per heavy atom. The summed E-state index contributed by atoms with van der Waals surface area (Å²) >= 11 is 0. The molecule has 0 fully saturated rings. The van der Waals surface area contributed by atoms with Crippen LogP contribution in [0, 0.1) is 0 Å². The molecule has 0 amide bonds. The molecule has 2 N–H and O–H groups in total. The maximum absolute atomic E-state index is 12.2. The number of anilines is 2. The number of hydrogen-bond acceptors (Lipinski definition) is 5. The molecule has 1 aromatic rings. The number of carbonyl (C=O) groups is 1. The Labute approximate surface area is 126 Å². The van der Waals surface area contributed by atoms with E-state index in [2.05, 4.69) is 16.8 Å². The molecule has 0 spiro atoms. The van der Waals surface area contributed by atoms with Crippen LogP contribution in [0.1, 0.15) is 24.2 Å². The highest BCUT2D eigenvalue weighted by Gasteiger charge is 2.17. The van der Waals surface area contributed by atoms with E-state index in [0.717, 1.165) is 24.5 Å². The van der Waals surface area contributed by atoms with Gasteiger partial charge in [0.15, 0.2) is 0 Å². The zero-order valence-corrected chi connectivity index (χ0v) is 12.8. The van der Waals surface area contributed by atoms with Crippen molar-refractivity contribution in [1.29, 1.82) is 0 Å². The summed E-state index contributed by atoms with van der Waals surface area (Å²) in [4.78, 5) is 14.3. The van der Waals surface area contributed by atoms with Crippen LogP contribution in [0.5, 0.6) is 0 Å². The summed E-state index contributed by atoms with van der Waals surface area (Å²) in [5, 5.41) is 11.9. The summed E-state index contributed by atoms with van der Waals surface area (Å²) in [5.41, 5.74) is 2.18. The maximum Gasteiger partial charge on any atom is 0.340 e. The van der Waals surface area contributed by atoms with E-state index in [4.69, 9.17) is 9.84 Å². The van der Waals surface area contributed by atoms with Crippen molar-refractivity contribution in [2.75, 3.05) is 43.1 Å². The van der Waals surface area contributed by atoms with E-state index in [9.17, 15) is 4.79 Å². The molecular formula is C16H24N2O3. The van der Waals surface area contributed by atoms with Crippen molar-refractivity contribution < 1.29 is 14.6 Å². The van der Waals surface area contributed by atoms with Crippen LogP contribution < -0.4 is 10.2 Å². The highest BCUT2D eigenvalue weighted by molar-refractivity contribution is 5.97. The molecule has 0 radical (unpaired) electrons. The lowest BCUT2D eigenvalue weighted by Crippen LogP contribution is -2.25. The number of benzene rings is 1. The molecule has 0 heterocycles. The summed E-state index contributed by atoms with van der Waals surface area (Å²) < 4.78 is 5.05. The summed E-state index contributed by atoms with van der Waals surface area (Å²) in [5.74, 6) is -0.423. The second kappa shape index (κ2) is 9.02. The number of esters is 1. The van der Waals surface area contributed by atoms with Crippen molar-refractivity contribution in [3.05, 3.63) is 36.4 Å². The van der Waals surface area contributed by atoms with Gasteiger partial charge in [-0.15, -0.1) is 6.58 Å². The van der Waals surface area contributed by atoms with E-state index in [-0.39, 0.29) is 13.2 Å². The highest BCUT2D eigenvalue weighted by Crippen LogP contribution is 2.25. The lowest BCUT2D eigenvalue weighted by Gasteiger charge is -2.24. The molecule has 0 saturated carbocycles. The van der Waals surface area contributed by atoms with Crippen molar-refractivity contribution in [2.24, 2.45) is 0 Å². The van der Waals surface area contributed by atoms with Crippen LogP contribution in [0.25, 0.3) is 0 Å². The minimum atomic E-state index is -0.423. The average molecular weight is 292 g/mol. The second-order valence-electron chi connectivity index (χ2n) is 4.43. The van der Waals surface area contributed by atoms with Gasteiger partial charge in [-0.25, -0.2) is 4.79 Å². The first-order valence-corrected chi connectivity index (χ1v) is 7.19. The molecule has 0 aliphatic rings. The zero-order valence-electron chi connectivity index (χ0n) is 12.8. The van der Waals surface area contributed by atoms with Gasteiger partial charge in [0.2, 0.25) is 0 Å². The Hall–Kier alpha value is -2.01. The third kappa shape index (κ3) is 4.79. The molecule has 1 aromatic carbocycles. The molecular weight excluding hydrogens is 268 g/mol. The van der Waals surface area contributed by atoms with E-state index in [0.29, 0.717) is 12.1 Å². The third-order valence-corrected chi connectivity index (χ3v) is 3.10. The number of nitrogens with one attached hydrogen (secondary N) is 1. The number of nitrogens with zero attached hydrogens (tertiary/aromatic N) is 1. The van der Waals surface area contributed by atoms with Gasteiger partial charge in [-0.3, -0.25) is 0 Å². The van der Waals surface area contributed by atoms with Crippen LogP contribution in [0.4, 0.5) is 11.4 Å². The standard InChI is InChI=1S/C16H24N2O3/c1-4-9-17-13-7-8-15(18(5-2)6-3)14(12-13)16(20)21-11-10-19/h4,7-8,12,17,19H,1,5-6,9-11H2,2-3H3. The molecule has 0 atom stereocenters. The first-order chi connectivity index (χ1) is 10.2. The maximum atomic E-state index is 12.2. The van der Waals surface area contributed by atoms with Gasteiger partial charge in [-0.05, 0) is 32.0 Å². The van der Waals surface area contributed by atoms with Gasteiger partial charge in [0.05, 0.1) is 17.9 Å². The Balaban J connectivity index is 3.10. The normalized spacial score (nSPS) is 10.0. The van der Waals surface area contributed by atoms with Crippen molar-refractivity contribution in [2.45, 2.75) is 13.8 Å². The van der Waals surface area contributed by atoms with Crippen LogP contribution in [-0.2, 0) is 4.74 Å². The number of carbonyl (C=O) groups excluding carboxylic acids is 1. The van der Waals surface area contributed by atoms with Gasteiger partial charge >= 0.3 is 5.97 Å². The van der Waals surface area contributed by atoms with Gasteiger partial charge < -0.3 is 20.1 Å². The van der Waals surface area contributed by atoms with E-state index in [1.165, 1.54) is 0 Å². The number of aliphatic hydroxyl groups is 1. The van der Waals surface area contributed by atoms with Crippen LogP contribution >= 0.6 is 0 Å². The molecule has 0 saturated heterocycles. The minimum Gasteiger partial charge on any atom is -0.460 e. The van der Waals surface area contributed by atoms with Crippen LogP contribution in [0.2, 0.25) is 0 Å². The Morgan fingerprint density at radius 2 is 2.14 bits per heavy atom. The van der Waals surface area contributed by atoms with E-state index in [1.807, 2.05) is 26.0 Å². The number of aliphatic hydroxyl groups excluding tert-OH is 1. The summed E-state index contributed by atoms with van der Waals surface area (Å²) in [6.45, 7) is 9.78. The molecule has 5 nitrogen and oxygen atoms in total. The summed E-state index contributed by atoms with van der Waals surface area (Å²) in [6, 6.07) is 5.62. The Morgan fingerprint density at radius 1 is 1.43 bits per heavy atom. The molecule has 116 valence electrons. The summed E-state index contributed by atoms with van der Waals surface area (Å²) in [7, 11) is 0. The monoisotopic (exact) mass is 292 g/mol. The smallest absolute Gasteiger partial charge is 0.340 e. The van der Waals surface area contributed by atoms with Crippen molar-refractivity contribution >= 4 is 17.3 Å². The number of rotatable bonds is 9. The molecule has 21 heavy (non-hydrogen) atoms. The third-order valence-electron chi connectivity index (χ3n) is 3.10. The molecule has 0 aromatic heterocycles. The van der Waals surface area contributed by atoms with Crippen molar-refractivity contribution in [3.8, 4) is 0 Å². The van der Waals surface area contributed by atoms with Crippen LogP contribution in [0.15, 0.2) is 30.9 Å². The molecule has 0 unspecified atom stereocenters. The topological polar surface area (TPSA) is 61.8 Å². The molecule has 5 heteroatoms. The Bertz CT molecular complexity index is 471. The fourth-order valence-electron chi connectivity index (χ4n) is 2.06. The summed E-state index contributed by atoms with van der Waals surface area (Å²) in [6.07, 6.45) is 1.75. The lowest BCUT2D eigenvalue weighted by molar-refractivity contribution is 0.0434. The first kappa shape index (κ1) is 17.0. The fourth-order valence-corrected chi connectivity index (χ4v) is 2.06. The van der Waals surface area contributed by atoms with Gasteiger partial charge in [0.25, 0.3) is 0 Å². The SMILES string of the molecule is C=CCNc1ccc(N(CC)CC)c(C(=O)OCCO)c1. The predicted octanol–water partition coefficient (Wildman–Crippen LogP) is 2.28. The number of ether oxygens (including phenoxy) is 1. The molecule has 0 bridgehead atoms. The van der Waals surface area contributed by atoms with Crippen molar-refractivity contribution in [1.82, 2.24) is 0 Å². The van der Waals surface area contributed by atoms with Crippen molar-refractivity contribution in [3.63, 3.8) is 0 Å². The molecule has 0 aliphatic heterocycles. The van der Waals surface area contributed by atoms with Gasteiger partial charge in [-0.2, -0.15) is 0 Å². The fraction of sp³-hybridized carbons (Fsp3) is 0.438. The Kier molecular flexibility index (Phi) is 7.32. The van der Waals surface area contributed by atoms with Crippen LogP contribution in [-0.4, -0.2) is 43.9 Å². The van der Waals surface area contributed by atoms with Gasteiger partial charge in [-0.1, -0.05) is 6.08 Å². The van der Waals surface area contributed by atoms with E-state index < -0.39 is 5.97 Å². The first-order valence-electron chi connectivity index (χ1n) is 7.19.